The van der Waals surface area contributed by atoms with E-state index in [-0.39, 0.29) is 35.8 Å². The molecule has 0 unspecified atom stereocenters. The fraction of sp³-hybridized carbons (Fsp3) is 0.238. The van der Waals surface area contributed by atoms with E-state index in [4.69, 9.17) is 16.3 Å². The van der Waals surface area contributed by atoms with E-state index in [1.165, 1.54) is 6.07 Å². The van der Waals surface area contributed by atoms with Gasteiger partial charge in [0, 0.05) is 18.5 Å². The molecule has 0 radical (unpaired) electrons. The van der Waals surface area contributed by atoms with Crippen LogP contribution in [0.1, 0.15) is 35.2 Å². The Morgan fingerprint density at radius 2 is 1.60 bits per heavy atom. The van der Waals surface area contributed by atoms with E-state index >= 15 is 0 Å². The highest BCUT2D eigenvalue weighted by molar-refractivity contribution is 6.33. The molecule has 0 saturated carbocycles. The Labute approximate surface area is 178 Å². The lowest BCUT2D eigenvalue weighted by Crippen LogP contribution is -2.43. The van der Waals surface area contributed by atoms with Gasteiger partial charge < -0.3 is 10.1 Å². The number of ether oxygens (including phenoxy) is 1. The molecule has 0 bridgehead atoms. The van der Waals surface area contributed by atoms with Crippen LogP contribution in [-0.2, 0) is 19.1 Å². The maximum Gasteiger partial charge on any atom is 0.306 e. The molecule has 0 heterocycles. The molecular weight excluding hydrogens is 410 g/mol. The second-order valence-corrected chi connectivity index (χ2v) is 6.77. The molecule has 2 aromatic carbocycles. The molecule has 30 heavy (non-hydrogen) atoms. The number of benzene rings is 2. The van der Waals surface area contributed by atoms with Gasteiger partial charge in [0.25, 0.3) is 11.8 Å². The first-order valence-corrected chi connectivity index (χ1v) is 9.59. The zero-order valence-corrected chi connectivity index (χ0v) is 17.1. The van der Waals surface area contributed by atoms with Crippen molar-refractivity contribution in [2.75, 3.05) is 11.9 Å². The SMILES string of the molecule is Cc1ccccc1NC(=O)CCCC(=O)OCC(=O)NNC(=O)c1ccccc1Cl. The number of nitrogens with one attached hydrogen (secondary N) is 3. The molecule has 0 aliphatic carbocycles. The lowest BCUT2D eigenvalue weighted by Gasteiger charge is -2.09. The summed E-state index contributed by atoms with van der Waals surface area (Å²) in [6.45, 7) is 1.33. The van der Waals surface area contributed by atoms with Crippen LogP contribution in [0.4, 0.5) is 5.69 Å². The third kappa shape index (κ3) is 7.56. The Kier molecular flexibility index (Phi) is 8.83. The predicted octanol–water partition coefficient (Wildman–Crippen LogP) is 2.76. The smallest absolute Gasteiger partial charge is 0.306 e. The van der Waals surface area contributed by atoms with Gasteiger partial charge in [-0.3, -0.25) is 30.0 Å². The van der Waals surface area contributed by atoms with Gasteiger partial charge in [-0.05, 0) is 37.1 Å². The number of para-hydroxylation sites is 1. The Balaban J connectivity index is 1.61. The third-order valence-electron chi connectivity index (χ3n) is 4.00. The van der Waals surface area contributed by atoms with Crippen LogP contribution in [0, 0.1) is 6.92 Å². The van der Waals surface area contributed by atoms with Gasteiger partial charge in [-0.15, -0.1) is 0 Å². The van der Waals surface area contributed by atoms with Crippen LogP contribution >= 0.6 is 11.6 Å². The van der Waals surface area contributed by atoms with Gasteiger partial charge in [-0.1, -0.05) is 41.9 Å². The number of esters is 1. The highest BCUT2D eigenvalue weighted by Gasteiger charge is 2.12. The average Bonchev–Trinajstić information content (AvgIpc) is 2.72. The third-order valence-corrected chi connectivity index (χ3v) is 4.33. The van der Waals surface area contributed by atoms with Crippen LogP contribution in [-0.4, -0.2) is 30.3 Å². The molecule has 2 aromatic rings. The second kappa shape index (κ2) is 11.6. The minimum absolute atomic E-state index is 0.0134. The molecule has 0 spiro atoms. The summed E-state index contributed by atoms with van der Waals surface area (Å²) in [7, 11) is 0. The summed E-state index contributed by atoms with van der Waals surface area (Å²) in [6, 6.07) is 13.7. The summed E-state index contributed by atoms with van der Waals surface area (Å²) < 4.78 is 4.82. The molecule has 0 atom stereocenters. The first-order valence-electron chi connectivity index (χ1n) is 9.21. The van der Waals surface area contributed by atoms with Crippen molar-refractivity contribution < 1.29 is 23.9 Å². The minimum atomic E-state index is -0.707. The molecule has 158 valence electrons. The summed E-state index contributed by atoms with van der Waals surface area (Å²) in [5.74, 6) is -2.13. The summed E-state index contributed by atoms with van der Waals surface area (Å²) in [6.07, 6.45) is 0.408. The van der Waals surface area contributed by atoms with Gasteiger partial charge >= 0.3 is 5.97 Å². The Morgan fingerprint density at radius 3 is 2.33 bits per heavy atom. The van der Waals surface area contributed by atoms with Crippen LogP contribution in [0.15, 0.2) is 48.5 Å². The maximum absolute atomic E-state index is 11.9. The number of hydrogen-bond acceptors (Lipinski definition) is 5. The lowest BCUT2D eigenvalue weighted by molar-refractivity contribution is -0.148. The van der Waals surface area contributed by atoms with Crippen LogP contribution in [0.25, 0.3) is 0 Å². The highest BCUT2D eigenvalue weighted by Crippen LogP contribution is 2.14. The number of hydrogen-bond donors (Lipinski definition) is 3. The van der Waals surface area contributed by atoms with E-state index in [1.807, 2.05) is 25.1 Å². The van der Waals surface area contributed by atoms with Crippen molar-refractivity contribution in [2.24, 2.45) is 0 Å². The van der Waals surface area contributed by atoms with Crippen molar-refractivity contribution in [1.29, 1.82) is 0 Å². The van der Waals surface area contributed by atoms with E-state index in [0.717, 1.165) is 11.3 Å². The zero-order chi connectivity index (χ0) is 21.9. The lowest BCUT2D eigenvalue weighted by atomic mass is 10.2. The fourth-order valence-corrected chi connectivity index (χ4v) is 2.63. The molecule has 9 heteroatoms. The van der Waals surface area contributed by atoms with E-state index in [9.17, 15) is 19.2 Å². The summed E-state index contributed by atoms with van der Waals surface area (Å²) in [4.78, 5) is 47.2. The number of aryl methyl sites for hydroxylation is 1. The van der Waals surface area contributed by atoms with Crippen molar-refractivity contribution in [2.45, 2.75) is 26.2 Å². The van der Waals surface area contributed by atoms with Crippen molar-refractivity contribution in [3.63, 3.8) is 0 Å². The molecule has 3 N–H and O–H groups in total. The van der Waals surface area contributed by atoms with Crippen LogP contribution < -0.4 is 16.2 Å². The van der Waals surface area contributed by atoms with E-state index in [2.05, 4.69) is 16.2 Å². The van der Waals surface area contributed by atoms with Gasteiger partial charge in [0.15, 0.2) is 6.61 Å². The standard InChI is InChI=1S/C21H22ClN3O5/c1-14-7-2-5-10-17(14)23-18(26)11-6-12-20(28)30-13-19(27)24-25-21(29)15-8-3-4-9-16(15)22/h2-5,7-10H,6,11-13H2,1H3,(H,23,26)(H,24,27)(H,25,29). The van der Waals surface area contributed by atoms with Gasteiger partial charge in [0.1, 0.15) is 0 Å². The summed E-state index contributed by atoms with van der Waals surface area (Å²) in [5, 5.41) is 3.01. The fourth-order valence-electron chi connectivity index (χ4n) is 2.41. The van der Waals surface area contributed by atoms with Crippen molar-refractivity contribution >= 4 is 41.0 Å². The second-order valence-electron chi connectivity index (χ2n) is 6.36. The predicted molar refractivity (Wildman–Crippen MR) is 112 cm³/mol. The molecule has 0 saturated heterocycles. The van der Waals surface area contributed by atoms with Crippen LogP contribution in [0.2, 0.25) is 5.02 Å². The van der Waals surface area contributed by atoms with Gasteiger partial charge in [-0.25, -0.2) is 0 Å². The van der Waals surface area contributed by atoms with Crippen molar-refractivity contribution in [3.05, 3.63) is 64.7 Å². The van der Waals surface area contributed by atoms with Crippen molar-refractivity contribution in [3.8, 4) is 0 Å². The quantitative estimate of drug-likeness (QED) is 0.439. The van der Waals surface area contributed by atoms with Gasteiger partial charge in [0.2, 0.25) is 5.91 Å². The van der Waals surface area contributed by atoms with Crippen LogP contribution in [0.5, 0.6) is 0 Å². The molecule has 0 aliphatic heterocycles. The number of anilines is 1. The summed E-state index contributed by atoms with van der Waals surface area (Å²) >= 11 is 5.89. The monoisotopic (exact) mass is 431 g/mol. The van der Waals surface area contributed by atoms with Crippen LogP contribution in [0.3, 0.4) is 0 Å². The normalized spacial score (nSPS) is 10.1. The molecule has 0 fully saturated rings. The molecule has 3 amide bonds. The Bertz CT molecular complexity index is 932. The molecule has 2 rings (SSSR count). The van der Waals surface area contributed by atoms with Gasteiger partial charge in [-0.2, -0.15) is 0 Å². The number of hydrazine groups is 1. The maximum atomic E-state index is 11.9. The zero-order valence-electron chi connectivity index (χ0n) is 16.4. The average molecular weight is 432 g/mol. The number of amides is 3. The van der Waals surface area contributed by atoms with E-state index in [1.54, 1.807) is 24.3 Å². The molecule has 0 aliphatic rings. The number of halogens is 1. The molecular formula is C21H22ClN3O5. The van der Waals surface area contributed by atoms with Crippen molar-refractivity contribution in [1.82, 2.24) is 10.9 Å². The van der Waals surface area contributed by atoms with E-state index < -0.39 is 24.4 Å². The van der Waals surface area contributed by atoms with Gasteiger partial charge in [0.05, 0.1) is 10.6 Å². The number of rotatable bonds is 8. The molecule has 0 aromatic heterocycles. The minimum Gasteiger partial charge on any atom is -0.455 e. The largest absolute Gasteiger partial charge is 0.455 e. The van der Waals surface area contributed by atoms with E-state index in [0.29, 0.717) is 0 Å². The highest BCUT2D eigenvalue weighted by atomic mass is 35.5. The first kappa shape index (κ1) is 22.9. The number of carbonyl (C=O) groups is 4. The number of carbonyl (C=O) groups excluding carboxylic acids is 4. The summed E-state index contributed by atoms with van der Waals surface area (Å²) in [5.41, 5.74) is 6.17. The topological polar surface area (TPSA) is 114 Å². The Hall–Kier alpha value is -3.39. The Morgan fingerprint density at radius 1 is 0.900 bits per heavy atom. The molecule has 8 nitrogen and oxygen atoms in total. The first-order chi connectivity index (χ1) is 14.4.